The molecule has 3 heteroatoms. The van der Waals surface area contributed by atoms with Gasteiger partial charge in [0, 0.05) is 22.6 Å². The second kappa shape index (κ2) is 6.56. The topological polar surface area (TPSA) is 20.3 Å². The van der Waals surface area contributed by atoms with Crippen LogP contribution in [0.25, 0.3) is 0 Å². The molecular formula is C16H22BrNO. The van der Waals surface area contributed by atoms with Crippen LogP contribution in [0.1, 0.15) is 54.9 Å². The van der Waals surface area contributed by atoms with E-state index in [2.05, 4.69) is 27.8 Å². The lowest BCUT2D eigenvalue weighted by Crippen LogP contribution is -2.41. The summed E-state index contributed by atoms with van der Waals surface area (Å²) in [7, 11) is 0. The van der Waals surface area contributed by atoms with Gasteiger partial charge in [-0.15, -0.1) is 0 Å². The molecule has 2 rings (SSSR count). The van der Waals surface area contributed by atoms with E-state index in [1.165, 1.54) is 19.3 Å². The number of hydrogen-bond acceptors (Lipinski definition) is 1. The Morgan fingerprint density at radius 1 is 1.32 bits per heavy atom. The van der Waals surface area contributed by atoms with Crippen LogP contribution in [0, 0.1) is 6.92 Å². The Kier molecular flexibility index (Phi) is 5.03. The minimum absolute atomic E-state index is 0.176. The van der Waals surface area contributed by atoms with E-state index in [1.807, 2.05) is 25.1 Å². The SMILES string of the molecule is CCN(C(=O)c1ccc(C)c(Br)c1)C1CCCCC1. The molecule has 0 saturated heterocycles. The van der Waals surface area contributed by atoms with Crippen molar-refractivity contribution < 1.29 is 4.79 Å². The molecule has 1 aliphatic rings. The Balaban J connectivity index is 2.17. The monoisotopic (exact) mass is 323 g/mol. The van der Waals surface area contributed by atoms with Gasteiger partial charge in [-0.2, -0.15) is 0 Å². The number of rotatable bonds is 3. The smallest absolute Gasteiger partial charge is 0.254 e. The van der Waals surface area contributed by atoms with Gasteiger partial charge in [0.05, 0.1) is 0 Å². The number of carbonyl (C=O) groups is 1. The van der Waals surface area contributed by atoms with Gasteiger partial charge >= 0.3 is 0 Å². The van der Waals surface area contributed by atoms with Crippen molar-refractivity contribution in [2.45, 2.75) is 52.0 Å². The number of benzene rings is 1. The van der Waals surface area contributed by atoms with E-state index in [4.69, 9.17) is 0 Å². The Morgan fingerprint density at radius 2 is 2.00 bits per heavy atom. The highest BCUT2D eigenvalue weighted by Gasteiger charge is 2.25. The van der Waals surface area contributed by atoms with Gasteiger partial charge < -0.3 is 4.90 Å². The summed E-state index contributed by atoms with van der Waals surface area (Å²) < 4.78 is 1.01. The second-order valence-electron chi connectivity index (χ2n) is 5.35. The largest absolute Gasteiger partial charge is 0.336 e. The number of hydrogen-bond donors (Lipinski definition) is 0. The van der Waals surface area contributed by atoms with Crippen LogP contribution in [0.2, 0.25) is 0 Å². The normalized spacial score (nSPS) is 16.4. The first kappa shape index (κ1) is 14.6. The predicted molar refractivity (Wildman–Crippen MR) is 82.5 cm³/mol. The lowest BCUT2D eigenvalue weighted by atomic mass is 9.93. The first-order valence-electron chi connectivity index (χ1n) is 7.20. The van der Waals surface area contributed by atoms with Crippen LogP contribution in [0.3, 0.4) is 0 Å². The van der Waals surface area contributed by atoms with Gasteiger partial charge in [0.25, 0.3) is 5.91 Å². The lowest BCUT2D eigenvalue weighted by Gasteiger charge is -2.33. The highest BCUT2D eigenvalue weighted by molar-refractivity contribution is 9.10. The zero-order chi connectivity index (χ0) is 13.8. The third-order valence-electron chi connectivity index (χ3n) is 4.04. The van der Waals surface area contributed by atoms with Gasteiger partial charge in [0.2, 0.25) is 0 Å². The molecule has 0 atom stereocenters. The Bertz CT molecular complexity index is 452. The van der Waals surface area contributed by atoms with E-state index in [1.54, 1.807) is 0 Å². The van der Waals surface area contributed by atoms with Gasteiger partial charge in [0.1, 0.15) is 0 Å². The summed E-state index contributed by atoms with van der Waals surface area (Å²) in [6, 6.07) is 6.33. The van der Waals surface area contributed by atoms with Crippen LogP contribution in [0.4, 0.5) is 0 Å². The summed E-state index contributed by atoms with van der Waals surface area (Å²) >= 11 is 3.51. The molecule has 0 radical (unpaired) electrons. The summed E-state index contributed by atoms with van der Waals surface area (Å²) in [5.41, 5.74) is 1.96. The maximum atomic E-state index is 12.6. The number of carbonyl (C=O) groups excluding carboxylic acids is 1. The number of aryl methyl sites for hydroxylation is 1. The molecule has 104 valence electrons. The average molecular weight is 324 g/mol. The lowest BCUT2D eigenvalue weighted by molar-refractivity contribution is 0.0648. The van der Waals surface area contributed by atoms with Crippen molar-refractivity contribution in [3.05, 3.63) is 33.8 Å². The van der Waals surface area contributed by atoms with E-state index in [9.17, 15) is 4.79 Å². The fourth-order valence-corrected chi connectivity index (χ4v) is 3.23. The summed E-state index contributed by atoms with van der Waals surface area (Å²) in [6.07, 6.45) is 6.15. The van der Waals surface area contributed by atoms with Crippen molar-refractivity contribution in [3.8, 4) is 0 Å². The molecule has 0 aromatic heterocycles. The quantitative estimate of drug-likeness (QED) is 0.798. The van der Waals surface area contributed by atoms with Gasteiger partial charge in [-0.3, -0.25) is 4.79 Å². The molecule has 0 aliphatic heterocycles. The van der Waals surface area contributed by atoms with Crippen molar-refractivity contribution in [1.82, 2.24) is 4.90 Å². The molecule has 0 spiro atoms. The van der Waals surface area contributed by atoms with Gasteiger partial charge in [0.15, 0.2) is 0 Å². The maximum absolute atomic E-state index is 12.6. The molecule has 1 aromatic rings. The summed E-state index contributed by atoms with van der Waals surface area (Å²) in [5.74, 6) is 0.176. The highest BCUT2D eigenvalue weighted by atomic mass is 79.9. The molecule has 0 N–H and O–H groups in total. The van der Waals surface area contributed by atoms with E-state index < -0.39 is 0 Å². The van der Waals surface area contributed by atoms with E-state index >= 15 is 0 Å². The number of amides is 1. The first-order valence-corrected chi connectivity index (χ1v) is 8.00. The van der Waals surface area contributed by atoms with Crippen LogP contribution in [-0.4, -0.2) is 23.4 Å². The second-order valence-corrected chi connectivity index (χ2v) is 6.20. The molecule has 1 aliphatic carbocycles. The molecule has 0 unspecified atom stereocenters. The van der Waals surface area contributed by atoms with Gasteiger partial charge in [-0.25, -0.2) is 0 Å². The minimum Gasteiger partial charge on any atom is -0.336 e. The zero-order valence-electron chi connectivity index (χ0n) is 11.8. The van der Waals surface area contributed by atoms with Gasteiger partial charge in [-0.1, -0.05) is 41.3 Å². The van der Waals surface area contributed by atoms with Crippen molar-refractivity contribution >= 4 is 21.8 Å². The third-order valence-corrected chi connectivity index (χ3v) is 4.89. The van der Waals surface area contributed by atoms with Crippen molar-refractivity contribution in [2.24, 2.45) is 0 Å². The highest BCUT2D eigenvalue weighted by Crippen LogP contribution is 2.25. The van der Waals surface area contributed by atoms with E-state index in [0.717, 1.165) is 35.0 Å². The van der Waals surface area contributed by atoms with E-state index in [0.29, 0.717) is 6.04 Å². The average Bonchev–Trinajstić information content (AvgIpc) is 2.44. The van der Waals surface area contributed by atoms with Crippen LogP contribution in [-0.2, 0) is 0 Å². The number of halogens is 1. The molecule has 1 saturated carbocycles. The molecular weight excluding hydrogens is 302 g/mol. The summed E-state index contributed by atoms with van der Waals surface area (Å²) in [5, 5.41) is 0. The molecule has 1 aromatic carbocycles. The molecule has 1 amide bonds. The zero-order valence-corrected chi connectivity index (χ0v) is 13.4. The Labute approximate surface area is 124 Å². The van der Waals surface area contributed by atoms with E-state index in [-0.39, 0.29) is 5.91 Å². The Hall–Kier alpha value is -0.830. The van der Waals surface area contributed by atoms with Crippen LogP contribution in [0.5, 0.6) is 0 Å². The third kappa shape index (κ3) is 3.38. The molecule has 2 nitrogen and oxygen atoms in total. The molecule has 0 heterocycles. The fraction of sp³-hybridized carbons (Fsp3) is 0.562. The fourth-order valence-electron chi connectivity index (χ4n) is 2.85. The predicted octanol–water partition coefficient (Wildman–Crippen LogP) is 4.55. The first-order chi connectivity index (χ1) is 9.13. The molecule has 0 bridgehead atoms. The molecule has 19 heavy (non-hydrogen) atoms. The summed E-state index contributed by atoms with van der Waals surface area (Å²) in [4.78, 5) is 14.7. The maximum Gasteiger partial charge on any atom is 0.254 e. The van der Waals surface area contributed by atoms with Gasteiger partial charge in [-0.05, 0) is 44.4 Å². The standard InChI is InChI=1S/C16H22BrNO/c1-3-18(14-7-5-4-6-8-14)16(19)13-10-9-12(2)15(17)11-13/h9-11,14H,3-8H2,1-2H3. The van der Waals surface area contributed by atoms with Crippen LogP contribution >= 0.6 is 15.9 Å². The van der Waals surface area contributed by atoms with Crippen LogP contribution < -0.4 is 0 Å². The Morgan fingerprint density at radius 3 is 2.58 bits per heavy atom. The van der Waals surface area contributed by atoms with Crippen molar-refractivity contribution in [3.63, 3.8) is 0 Å². The van der Waals surface area contributed by atoms with Crippen LogP contribution in [0.15, 0.2) is 22.7 Å². The number of nitrogens with zero attached hydrogens (tertiary/aromatic N) is 1. The molecule has 1 fully saturated rings. The van der Waals surface area contributed by atoms with Crippen molar-refractivity contribution in [2.75, 3.05) is 6.54 Å². The van der Waals surface area contributed by atoms with Crippen molar-refractivity contribution in [1.29, 1.82) is 0 Å². The summed E-state index contributed by atoms with van der Waals surface area (Å²) in [6.45, 7) is 4.92. The minimum atomic E-state index is 0.176.